The number of amides is 1. The van der Waals surface area contributed by atoms with Crippen LogP contribution in [0.25, 0.3) is 0 Å². The van der Waals surface area contributed by atoms with E-state index < -0.39 is 33.2 Å². The summed E-state index contributed by atoms with van der Waals surface area (Å²) >= 11 is 6.46. The Hall–Kier alpha value is -3.78. The number of nitrogens with zero attached hydrogens (tertiary/aromatic N) is 1. The Balaban J connectivity index is 1.66. The number of ether oxygens (including phenoxy) is 2. The van der Waals surface area contributed by atoms with Gasteiger partial charge in [-0.2, -0.15) is 0 Å². The zero-order valence-corrected chi connectivity index (χ0v) is 25.7. The minimum absolute atomic E-state index is 0.00201. The van der Waals surface area contributed by atoms with Gasteiger partial charge in [-0.3, -0.25) is 14.6 Å². The van der Waals surface area contributed by atoms with Crippen LogP contribution in [0.15, 0.2) is 42.5 Å². The van der Waals surface area contributed by atoms with Gasteiger partial charge in [0, 0.05) is 47.5 Å². The minimum Gasteiger partial charge on any atom is -0.456 e. The second kappa shape index (κ2) is 12.0. The topological polar surface area (TPSA) is 199 Å². The summed E-state index contributed by atoms with van der Waals surface area (Å²) in [5.74, 6) is -1.50. The average Bonchev–Trinajstić information content (AvgIpc) is 3.21. The van der Waals surface area contributed by atoms with Crippen LogP contribution in [0, 0.1) is 6.92 Å². The first-order valence-electron chi connectivity index (χ1n) is 12.7. The molecular weight excluding hydrogens is 644 g/mol. The first kappa shape index (κ1) is 31.6. The van der Waals surface area contributed by atoms with Crippen molar-refractivity contribution in [3.8, 4) is 23.0 Å². The molecule has 2 heterocycles. The lowest BCUT2D eigenvalue weighted by molar-refractivity contribution is -0.0152. The van der Waals surface area contributed by atoms with Gasteiger partial charge < -0.3 is 29.1 Å². The molecule has 0 fully saturated rings. The number of carbonyl (C=O) groups excluding carboxylic acids is 2. The normalized spacial score (nSPS) is 16.5. The van der Waals surface area contributed by atoms with Crippen LogP contribution in [0.1, 0.15) is 43.0 Å². The highest BCUT2D eigenvalue weighted by atomic mass is 35.5. The molecule has 232 valence electrons. The van der Waals surface area contributed by atoms with Crippen LogP contribution in [0.3, 0.4) is 0 Å². The lowest BCUT2D eigenvalue weighted by Crippen LogP contribution is -2.33. The molecular formula is C26H24ClN3O12P2. The van der Waals surface area contributed by atoms with E-state index in [-0.39, 0.29) is 55.8 Å². The maximum atomic E-state index is 13.5. The number of likely N-dealkylation sites (N-methyl/N-ethyl adjacent to an activating group) is 1. The molecule has 1 atom stereocenters. The molecule has 0 saturated carbocycles. The fourth-order valence-electron chi connectivity index (χ4n) is 4.89. The molecule has 4 N–H and O–H groups in total. The van der Waals surface area contributed by atoms with Gasteiger partial charge in [0.15, 0.2) is 11.4 Å². The zero-order valence-electron chi connectivity index (χ0n) is 23.2. The van der Waals surface area contributed by atoms with E-state index in [0.29, 0.717) is 18.7 Å². The maximum Gasteiger partial charge on any atom is 0.524 e. The predicted molar refractivity (Wildman–Crippen MR) is 151 cm³/mol. The summed E-state index contributed by atoms with van der Waals surface area (Å²) in [6, 6.07) is 9.87. The molecule has 5 rings (SSSR count). The molecule has 0 bridgehead atoms. The van der Waals surface area contributed by atoms with Crippen LogP contribution in [0.4, 0.5) is 0 Å². The van der Waals surface area contributed by atoms with Crippen LogP contribution in [-0.2, 0) is 28.7 Å². The van der Waals surface area contributed by atoms with Gasteiger partial charge >= 0.3 is 21.7 Å². The van der Waals surface area contributed by atoms with Crippen LogP contribution in [0.5, 0.6) is 23.0 Å². The third-order valence-corrected chi connectivity index (χ3v) is 7.70. The predicted octanol–water partition coefficient (Wildman–Crippen LogP) is 3.88. The van der Waals surface area contributed by atoms with E-state index in [1.165, 1.54) is 43.3 Å². The first-order chi connectivity index (χ1) is 20.7. The van der Waals surface area contributed by atoms with Crippen molar-refractivity contribution in [2.75, 3.05) is 27.2 Å². The Morgan fingerprint density at radius 2 is 1.75 bits per heavy atom. The van der Waals surface area contributed by atoms with Crippen LogP contribution >= 0.6 is 27.3 Å². The number of phosphoric acid groups is 1. The summed E-state index contributed by atoms with van der Waals surface area (Å²) < 4.78 is 54.3. The molecule has 1 unspecified atom stereocenters. The minimum atomic E-state index is -4.97. The van der Waals surface area contributed by atoms with Crippen molar-refractivity contribution in [3.63, 3.8) is 0 Å². The lowest BCUT2D eigenvalue weighted by atomic mass is 9.77. The highest BCUT2D eigenvalue weighted by Gasteiger charge is 2.54. The second-order valence-corrected chi connectivity index (χ2v) is 12.2. The number of fused-ring (bicyclic) bond motifs is 6. The number of nitrogens with one attached hydrogen (secondary N) is 2. The largest absolute Gasteiger partial charge is 0.524 e. The number of hydrogen-bond donors (Lipinski definition) is 4. The Bertz CT molecular complexity index is 1800. The quantitative estimate of drug-likeness (QED) is 0.138. The Labute approximate surface area is 255 Å². The number of phosphoric ester groups is 1. The van der Waals surface area contributed by atoms with E-state index in [1.807, 2.05) is 19.0 Å². The summed E-state index contributed by atoms with van der Waals surface area (Å²) in [6.07, 6.45) is 0. The van der Waals surface area contributed by atoms with Crippen molar-refractivity contribution in [1.29, 1.82) is 0 Å². The van der Waals surface area contributed by atoms with Gasteiger partial charge in [0.25, 0.3) is 5.91 Å². The molecule has 18 heteroatoms. The maximum absolute atomic E-state index is 13.5. The summed E-state index contributed by atoms with van der Waals surface area (Å²) in [7, 11) is -4.54. The highest BCUT2D eigenvalue weighted by Crippen LogP contribution is 2.59. The average molecular weight is 668 g/mol. The molecule has 0 aliphatic carbocycles. The van der Waals surface area contributed by atoms with Gasteiger partial charge in [0.1, 0.15) is 17.2 Å². The van der Waals surface area contributed by atoms with Crippen LogP contribution < -0.4 is 25.1 Å². The molecule has 1 amide bonds. The van der Waals surface area contributed by atoms with Gasteiger partial charge in [0.2, 0.25) is 0 Å². The highest BCUT2D eigenvalue weighted by molar-refractivity contribution is 7.46. The monoisotopic (exact) mass is 667 g/mol. The number of halogens is 1. The van der Waals surface area contributed by atoms with Crippen LogP contribution in [0.2, 0.25) is 5.02 Å². The van der Waals surface area contributed by atoms with Gasteiger partial charge in [-0.05, 0) is 56.5 Å². The number of esters is 1. The molecule has 0 aromatic heterocycles. The number of rotatable bonds is 10. The van der Waals surface area contributed by atoms with Gasteiger partial charge in [-0.1, -0.05) is 17.7 Å². The van der Waals surface area contributed by atoms with Gasteiger partial charge in [-0.25, -0.2) is 18.5 Å². The molecule has 3 aromatic rings. The van der Waals surface area contributed by atoms with Gasteiger partial charge in [-0.15, -0.1) is 4.62 Å². The number of benzene rings is 3. The lowest BCUT2D eigenvalue weighted by Gasteiger charge is -2.37. The molecule has 1 spiro atoms. The van der Waals surface area contributed by atoms with Crippen molar-refractivity contribution in [1.82, 2.24) is 15.9 Å². The summed E-state index contributed by atoms with van der Waals surface area (Å²) in [6.45, 7) is 2.51. The molecule has 2 aliphatic rings. The van der Waals surface area contributed by atoms with Crippen LogP contribution in [-0.4, -0.2) is 53.7 Å². The Morgan fingerprint density at radius 3 is 2.41 bits per heavy atom. The Kier molecular flexibility index (Phi) is 8.60. The molecule has 0 saturated heterocycles. The van der Waals surface area contributed by atoms with Crippen molar-refractivity contribution in [3.05, 3.63) is 80.9 Å². The SMILES string of the molecule is Cc1cc2c(cc1OP(=O)(O)O)Oc1cc(ONOP(=O)=O)c(Cl)cc1C21OC(=O)c2cc(C(=O)NCCN(C)C)ccc21. The standard InChI is InChI=1S/C26H24ClN3O12P2/c1-13-8-17-21(11-20(13)41-44(35,36)37)38-22-12-23(40-29-42-43(33)34)19(27)10-18(22)26(17)16-5-4-14(9-15(16)25(32)39-26)24(31)28-6-7-30(2)3/h4-5,8-12,29H,6-7H2,1-3H3,(H,28,31)(H2,35,36,37). The van der Waals surface area contributed by atoms with E-state index in [0.717, 1.165) is 0 Å². The third kappa shape index (κ3) is 6.09. The molecule has 15 nitrogen and oxygen atoms in total. The number of hydrogen-bond acceptors (Lipinski definition) is 12. The molecule has 3 aromatic carbocycles. The fourth-order valence-corrected chi connectivity index (χ4v) is 5.64. The van der Waals surface area contributed by atoms with E-state index in [9.17, 15) is 33.1 Å². The van der Waals surface area contributed by atoms with Gasteiger partial charge in [0.05, 0.1) is 10.6 Å². The van der Waals surface area contributed by atoms with Crippen molar-refractivity contribution in [2.45, 2.75) is 12.5 Å². The fraction of sp³-hybridized carbons (Fsp3) is 0.231. The molecule has 2 aliphatic heterocycles. The van der Waals surface area contributed by atoms with Crippen molar-refractivity contribution in [2.24, 2.45) is 0 Å². The van der Waals surface area contributed by atoms with E-state index in [1.54, 1.807) is 11.7 Å². The first-order valence-corrected chi connectivity index (χ1v) is 15.7. The van der Waals surface area contributed by atoms with E-state index >= 15 is 0 Å². The molecule has 44 heavy (non-hydrogen) atoms. The number of carbonyl (C=O) groups is 2. The Morgan fingerprint density at radius 1 is 1.07 bits per heavy atom. The van der Waals surface area contributed by atoms with Crippen molar-refractivity contribution >= 4 is 39.2 Å². The second-order valence-electron chi connectivity index (χ2n) is 9.97. The third-order valence-electron chi connectivity index (χ3n) is 6.74. The smallest absolute Gasteiger partial charge is 0.456 e. The number of aryl methyl sites for hydroxylation is 1. The van der Waals surface area contributed by atoms with Crippen molar-refractivity contribution < 1.29 is 56.5 Å². The summed E-state index contributed by atoms with van der Waals surface area (Å²) in [5.41, 5.74) is 1.47. The molecule has 0 radical (unpaired) electrons. The summed E-state index contributed by atoms with van der Waals surface area (Å²) in [5, 5.41) is 2.73. The van der Waals surface area contributed by atoms with E-state index in [2.05, 4.69) is 9.94 Å². The summed E-state index contributed by atoms with van der Waals surface area (Å²) in [4.78, 5) is 52.1. The van der Waals surface area contributed by atoms with E-state index in [4.69, 9.17) is 30.4 Å². The zero-order chi connectivity index (χ0) is 32.0.